The normalized spacial score (nSPS) is 7.60. The van der Waals surface area contributed by atoms with E-state index in [4.69, 9.17) is 0 Å². The van der Waals surface area contributed by atoms with Crippen molar-refractivity contribution in [2.24, 2.45) is 0 Å². The summed E-state index contributed by atoms with van der Waals surface area (Å²) in [6, 6.07) is 0. The molecule has 5 heavy (non-hydrogen) atoms. The standard InChI is InChI=1S/C3H8BI/c1-2-3-4-5/h4H,2-3H2,1H3. The first kappa shape index (κ1) is 5.79. The van der Waals surface area contributed by atoms with Gasteiger partial charge in [0.15, 0.2) is 5.14 Å². The first-order valence-electron chi connectivity index (χ1n) is 1.97. The zero-order chi connectivity index (χ0) is 4.12. The fourth-order valence-electron chi connectivity index (χ4n) is 0.134. The van der Waals surface area contributed by atoms with Gasteiger partial charge in [0.2, 0.25) is 0 Å². The summed E-state index contributed by atoms with van der Waals surface area (Å²) in [6.45, 7) is 2.21. The van der Waals surface area contributed by atoms with Gasteiger partial charge in [-0.15, -0.1) is 0 Å². The summed E-state index contributed by atoms with van der Waals surface area (Å²) < 4.78 is 0. The fourth-order valence-corrected chi connectivity index (χ4v) is 0.896. The molecule has 0 nitrogen and oxygen atoms in total. The summed E-state index contributed by atoms with van der Waals surface area (Å²) in [6.07, 6.45) is 2.71. The third-order valence-electron chi connectivity index (χ3n) is 0.487. The summed E-state index contributed by atoms with van der Waals surface area (Å²) in [5, 5.41) is 1.31. The van der Waals surface area contributed by atoms with Crippen LogP contribution in [0.15, 0.2) is 0 Å². The van der Waals surface area contributed by atoms with Crippen molar-refractivity contribution < 1.29 is 0 Å². The summed E-state index contributed by atoms with van der Waals surface area (Å²) in [5.74, 6) is 0. The molecule has 0 atom stereocenters. The summed E-state index contributed by atoms with van der Waals surface area (Å²) >= 11 is 2.39. The molecule has 0 spiro atoms. The van der Waals surface area contributed by atoms with Crippen LogP contribution in [-0.2, 0) is 0 Å². The van der Waals surface area contributed by atoms with Crippen molar-refractivity contribution in [3.05, 3.63) is 0 Å². The van der Waals surface area contributed by atoms with Crippen LogP contribution in [0, 0.1) is 0 Å². The zero-order valence-corrected chi connectivity index (χ0v) is 5.66. The van der Waals surface area contributed by atoms with Crippen molar-refractivity contribution in [1.82, 2.24) is 0 Å². The molecule has 0 aromatic heterocycles. The highest BCUT2D eigenvalue weighted by molar-refractivity contribution is 14.1. The Labute approximate surface area is 47.5 Å². The highest BCUT2D eigenvalue weighted by atomic mass is 127. The molecule has 2 heteroatoms. The lowest BCUT2D eigenvalue weighted by Crippen LogP contribution is -1.68. The highest BCUT2D eigenvalue weighted by Gasteiger charge is 1.74. The van der Waals surface area contributed by atoms with E-state index in [1.165, 1.54) is 17.9 Å². The van der Waals surface area contributed by atoms with Crippen LogP contribution in [0.1, 0.15) is 13.3 Å². The first-order valence-corrected chi connectivity index (χ1v) is 3.50. The Hall–Kier alpha value is 0.795. The molecule has 0 aromatic rings. The molecule has 0 heterocycles. The van der Waals surface area contributed by atoms with Crippen LogP contribution < -0.4 is 0 Å². The van der Waals surface area contributed by atoms with Crippen LogP contribution in [-0.4, -0.2) is 5.14 Å². The second-order valence-corrected chi connectivity index (χ2v) is 2.12. The van der Waals surface area contributed by atoms with Crippen molar-refractivity contribution in [3.63, 3.8) is 0 Å². The molecule has 0 radical (unpaired) electrons. The van der Waals surface area contributed by atoms with E-state index in [0.717, 1.165) is 0 Å². The number of halogens is 1. The Bertz CT molecular complexity index is 14.4. The molecule has 30 valence electrons. The number of rotatable bonds is 2. The lowest BCUT2D eigenvalue weighted by molar-refractivity contribution is 1.08. The lowest BCUT2D eigenvalue weighted by atomic mass is 10.0. The van der Waals surface area contributed by atoms with Crippen LogP contribution in [0.4, 0.5) is 0 Å². The SMILES string of the molecule is CCCBI. The van der Waals surface area contributed by atoms with E-state index in [-0.39, 0.29) is 0 Å². The van der Waals surface area contributed by atoms with Crippen LogP contribution in [0.3, 0.4) is 0 Å². The van der Waals surface area contributed by atoms with Crippen molar-refractivity contribution >= 4 is 27.5 Å². The van der Waals surface area contributed by atoms with Gasteiger partial charge in [0.25, 0.3) is 0 Å². The van der Waals surface area contributed by atoms with Crippen LogP contribution in [0.2, 0.25) is 6.32 Å². The average Bonchev–Trinajstić information content (AvgIpc) is 1.41. The summed E-state index contributed by atoms with van der Waals surface area (Å²) in [7, 11) is 0. The van der Waals surface area contributed by atoms with E-state index >= 15 is 0 Å². The molecule has 0 aliphatic carbocycles. The smallest absolute Gasteiger partial charge is 0.155 e. The van der Waals surface area contributed by atoms with Crippen molar-refractivity contribution in [2.75, 3.05) is 0 Å². The summed E-state index contributed by atoms with van der Waals surface area (Å²) in [4.78, 5) is 0. The Morgan fingerprint density at radius 3 is 2.40 bits per heavy atom. The van der Waals surface area contributed by atoms with Crippen LogP contribution >= 0.6 is 22.4 Å². The Kier molecular flexibility index (Phi) is 5.56. The Morgan fingerprint density at radius 1 is 1.80 bits per heavy atom. The topological polar surface area (TPSA) is 0 Å². The maximum absolute atomic E-state index is 2.39. The predicted octanol–water partition coefficient (Wildman–Crippen LogP) is 1.60. The van der Waals surface area contributed by atoms with Gasteiger partial charge in [0.1, 0.15) is 0 Å². The van der Waals surface area contributed by atoms with Gasteiger partial charge < -0.3 is 0 Å². The molecular weight excluding hydrogens is 174 g/mol. The number of hydrogen-bond acceptors (Lipinski definition) is 0. The second-order valence-electron chi connectivity index (χ2n) is 1.04. The van der Waals surface area contributed by atoms with Gasteiger partial charge in [-0.25, -0.2) is 0 Å². The van der Waals surface area contributed by atoms with Gasteiger partial charge in [-0.2, -0.15) is 22.4 Å². The van der Waals surface area contributed by atoms with Gasteiger partial charge in [-0.1, -0.05) is 19.7 Å². The second kappa shape index (κ2) is 4.79. The summed E-state index contributed by atoms with van der Waals surface area (Å²) in [5.41, 5.74) is 0. The third-order valence-corrected chi connectivity index (χ3v) is 1.25. The van der Waals surface area contributed by atoms with Gasteiger partial charge in [-0.3, -0.25) is 0 Å². The molecule has 0 aliphatic rings. The minimum absolute atomic E-state index is 1.31. The van der Waals surface area contributed by atoms with Crippen molar-refractivity contribution in [1.29, 1.82) is 0 Å². The third kappa shape index (κ3) is 4.79. The van der Waals surface area contributed by atoms with Gasteiger partial charge >= 0.3 is 0 Å². The molecule has 0 fully saturated rings. The van der Waals surface area contributed by atoms with E-state index in [0.29, 0.717) is 0 Å². The molecule has 0 aliphatic heterocycles. The molecule has 0 aromatic carbocycles. The van der Waals surface area contributed by atoms with Crippen LogP contribution in [0.5, 0.6) is 0 Å². The molecule has 0 bridgehead atoms. The molecular formula is C3H8BI. The van der Waals surface area contributed by atoms with Crippen LogP contribution in [0.25, 0.3) is 0 Å². The molecule has 0 rings (SSSR count). The maximum Gasteiger partial charge on any atom is 0.200 e. The van der Waals surface area contributed by atoms with Gasteiger partial charge in [-0.05, 0) is 0 Å². The van der Waals surface area contributed by atoms with E-state index in [9.17, 15) is 0 Å². The fraction of sp³-hybridized carbons (Fsp3) is 1.00. The Morgan fingerprint density at radius 2 is 2.40 bits per heavy atom. The maximum atomic E-state index is 2.39. The van der Waals surface area contributed by atoms with Gasteiger partial charge in [0, 0.05) is 0 Å². The number of hydrogen-bond donors (Lipinski definition) is 0. The largest absolute Gasteiger partial charge is 0.200 e. The predicted molar refractivity (Wildman–Crippen MR) is 36.3 cm³/mol. The van der Waals surface area contributed by atoms with E-state index < -0.39 is 0 Å². The van der Waals surface area contributed by atoms with E-state index in [1.54, 1.807) is 0 Å². The van der Waals surface area contributed by atoms with E-state index in [2.05, 4.69) is 29.3 Å². The minimum atomic E-state index is 1.31. The van der Waals surface area contributed by atoms with Gasteiger partial charge in [0.05, 0.1) is 0 Å². The Balaban J connectivity index is 2.19. The van der Waals surface area contributed by atoms with Crippen molar-refractivity contribution in [3.8, 4) is 0 Å². The minimum Gasteiger partial charge on any atom is -0.155 e. The molecule has 0 saturated heterocycles. The van der Waals surface area contributed by atoms with Crippen molar-refractivity contribution in [2.45, 2.75) is 19.7 Å². The quantitative estimate of drug-likeness (QED) is 0.449. The average molecular weight is 182 g/mol. The molecule has 0 unspecified atom stereocenters. The molecule has 0 saturated carbocycles. The first-order chi connectivity index (χ1) is 2.41. The highest BCUT2D eigenvalue weighted by Crippen LogP contribution is 1.88. The lowest BCUT2D eigenvalue weighted by Gasteiger charge is -1.75. The monoisotopic (exact) mass is 182 g/mol. The molecule has 0 amide bonds. The molecule has 0 N–H and O–H groups in total. The van der Waals surface area contributed by atoms with E-state index in [1.807, 2.05) is 0 Å². The zero-order valence-electron chi connectivity index (χ0n) is 3.50.